The van der Waals surface area contributed by atoms with Crippen LogP contribution in [0.5, 0.6) is 0 Å². The number of alkyl halides is 3. The van der Waals surface area contributed by atoms with Crippen molar-refractivity contribution in [1.29, 1.82) is 0 Å². The Morgan fingerprint density at radius 3 is 2.40 bits per heavy atom. The molecule has 1 amide bonds. The average Bonchev–Trinajstić information content (AvgIpc) is 3.22. The van der Waals surface area contributed by atoms with Crippen molar-refractivity contribution in [2.24, 2.45) is 0 Å². The van der Waals surface area contributed by atoms with E-state index in [1.807, 2.05) is 35.7 Å². The van der Waals surface area contributed by atoms with Crippen LogP contribution in [0.2, 0.25) is 0 Å². The third-order valence-corrected chi connectivity index (χ3v) is 5.86. The van der Waals surface area contributed by atoms with Crippen LogP contribution in [0.15, 0.2) is 54.0 Å². The zero-order valence-electron chi connectivity index (χ0n) is 16.0. The number of carbonyl (C=O) groups is 1. The molecule has 0 N–H and O–H groups in total. The molecule has 0 atom stereocenters. The molecule has 5 nitrogen and oxygen atoms in total. The SMILES string of the molecule is O=C(c1ccc(C(F)(F)F)nc1)N1CCN(Cc2csc(-c3ccccc3)n2)CC1. The summed E-state index contributed by atoms with van der Waals surface area (Å²) in [7, 11) is 0. The molecule has 0 saturated carbocycles. The van der Waals surface area contributed by atoms with Gasteiger partial charge < -0.3 is 4.90 Å². The van der Waals surface area contributed by atoms with Crippen molar-refractivity contribution in [2.75, 3.05) is 26.2 Å². The largest absolute Gasteiger partial charge is 0.433 e. The van der Waals surface area contributed by atoms with E-state index in [4.69, 9.17) is 4.98 Å². The molecule has 0 radical (unpaired) electrons. The summed E-state index contributed by atoms with van der Waals surface area (Å²) in [6.07, 6.45) is -3.51. The van der Waals surface area contributed by atoms with Gasteiger partial charge in [0.1, 0.15) is 10.7 Å². The number of aromatic nitrogens is 2. The maximum atomic E-state index is 12.6. The van der Waals surface area contributed by atoms with Crippen molar-refractivity contribution in [1.82, 2.24) is 19.8 Å². The number of piperazine rings is 1. The molecule has 1 aliphatic rings. The number of amides is 1. The van der Waals surface area contributed by atoms with Crippen molar-refractivity contribution < 1.29 is 18.0 Å². The second kappa shape index (κ2) is 8.53. The van der Waals surface area contributed by atoms with Crippen molar-refractivity contribution in [2.45, 2.75) is 12.7 Å². The number of pyridine rings is 1. The van der Waals surface area contributed by atoms with Crippen molar-refractivity contribution in [3.63, 3.8) is 0 Å². The van der Waals surface area contributed by atoms with Crippen molar-refractivity contribution in [3.05, 3.63) is 71.0 Å². The van der Waals surface area contributed by atoms with E-state index in [1.54, 1.807) is 16.2 Å². The van der Waals surface area contributed by atoms with Crippen LogP contribution in [0, 0.1) is 0 Å². The molecule has 4 rings (SSSR count). The molecular weight excluding hydrogens is 413 g/mol. The van der Waals surface area contributed by atoms with E-state index in [0.717, 1.165) is 28.5 Å². The zero-order valence-corrected chi connectivity index (χ0v) is 16.8. The van der Waals surface area contributed by atoms with Crippen LogP contribution in [0.25, 0.3) is 10.6 Å². The molecule has 9 heteroatoms. The van der Waals surface area contributed by atoms with Crippen LogP contribution >= 0.6 is 11.3 Å². The lowest BCUT2D eigenvalue weighted by atomic mass is 10.2. The van der Waals surface area contributed by atoms with Crippen molar-refractivity contribution in [3.8, 4) is 10.6 Å². The van der Waals surface area contributed by atoms with Gasteiger partial charge in [-0.3, -0.25) is 14.7 Å². The van der Waals surface area contributed by atoms with E-state index in [2.05, 4.69) is 9.88 Å². The maximum absolute atomic E-state index is 12.6. The minimum atomic E-state index is -4.51. The number of hydrogen-bond acceptors (Lipinski definition) is 5. The van der Waals surface area contributed by atoms with Crippen LogP contribution in [-0.4, -0.2) is 51.9 Å². The lowest BCUT2D eigenvalue weighted by Crippen LogP contribution is -2.48. The summed E-state index contributed by atoms with van der Waals surface area (Å²) in [6.45, 7) is 3.08. The quantitative estimate of drug-likeness (QED) is 0.621. The molecule has 0 spiro atoms. The number of halogens is 3. The molecule has 2 aromatic heterocycles. The fourth-order valence-electron chi connectivity index (χ4n) is 3.30. The first kappa shape index (κ1) is 20.5. The van der Waals surface area contributed by atoms with Gasteiger partial charge in [0.25, 0.3) is 5.91 Å². The predicted molar refractivity (Wildman–Crippen MR) is 108 cm³/mol. The van der Waals surface area contributed by atoms with Crippen LogP contribution in [0.4, 0.5) is 13.2 Å². The van der Waals surface area contributed by atoms with E-state index in [0.29, 0.717) is 32.7 Å². The van der Waals surface area contributed by atoms with E-state index in [-0.39, 0.29) is 11.5 Å². The Labute approximate surface area is 175 Å². The normalized spacial score (nSPS) is 15.4. The maximum Gasteiger partial charge on any atom is 0.433 e. The molecule has 1 fully saturated rings. The Bertz CT molecular complexity index is 997. The topological polar surface area (TPSA) is 49.3 Å². The second-order valence-electron chi connectivity index (χ2n) is 7.01. The smallest absolute Gasteiger partial charge is 0.336 e. The number of nitrogens with zero attached hydrogens (tertiary/aromatic N) is 4. The van der Waals surface area contributed by atoms with Gasteiger partial charge in [-0.25, -0.2) is 4.98 Å². The van der Waals surface area contributed by atoms with Crippen LogP contribution < -0.4 is 0 Å². The summed E-state index contributed by atoms with van der Waals surface area (Å²) in [4.78, 5) is 24.5. The lowest BCUT2D eigenvalue weighted by molar-refractivity contribution is -0.141. The van der Waals surface area contributed by atoms with Gasteiger partial charge in [-0.15, -0.1) is 11.3 Å². The number of thiazole rings is 1. The number of benzene rings is 1. The Morgan fingerprint density at radius 1 is 1.03 bits per heavy atom. The Hall–Kier alpha value is -2.78. The summed E-state index contributed by atoms with van der Waals surface area (Å²) in [5, 5.41) is 3.03. The molecule has 0 aliphatic carbocycles. The number of hydrogen-bond donors (Lipinski definition) is 0. The zero-order chi connectivity index (χ0) is 21.1. The molecule has 1 aliphatic heterocycles. The third-order valence-electron chi connectivity index (χ3n) is 4.92. The summed E-state index contributed by atoms with van der Waals surface area (Å²) in [5.41, 5.74) is 1.25. The van der Waals surface area contributed by atoms with Crippen molar-refractivity contribution >= 4 is 17.2 Å². The standard InChI is InChI=1S/C21H19F3N4OS/c22-21(23,24)18-7-6-16(12-25-18)20(29)28-10-8-27(9-11-28)13-17-14-30-19(26-17)15-4-2-1-3-5-15/h1-7,12,14H,8-11,13H2. The minimum Gasteiger partial charge on any atom is -0.336 e. The van der Waals surface area contributed by atoms with E-state index >= 15 is 0 Å². The van der Waals surface area contributed by atoms with Gasteiger partial charge in [-0.1, -0.05) is 30.3 Å². The highest BCUT2D eigenvalue weighted by atomic mass is 32.1. The molecule has 156 valence electrons. The molecule has 1 aromatic carbocycles. The lowest BCUT2D eigenvalue weighted by Gasteiger charge is -2.34. The molecule has 1 saturated heterocycles. The highest BCUT2D eigenvalue weighted by Crippen LogP contribution is 2.27. The molecule has 3 aromatic rings. The molecular formula is C21H19F3N4OS. The average molecular weight is 432 g/mol. The minimum absolute atomic E-state index is 0.170. The van der Waals surface area contributed by atoms with E-state index in [9.17, 15) is 18.0 Å². The first-order valence-corrected chi connectivity index (χ1v) is 10.3. The summed E-state index contributed by atoms with van der Waals surface area (Å²) in [5.74, 6) is -0.295. The van der Waals surface area contributed by atoms with Gasteiger partial charge in [0.05, 0.1) is 11.3 Å². The van der Waals surface area contributed by atoms with Gasteiger partial charge in [-0.2, -0.15) is 13.2 Å². The van der Waals surface area contributed by atoms with Gasteiger partial charge in [-0.05, 0) is 12.1 Å². The fourth-order valence-corrected chi connectivity index (χ4v) is 4.12. The summed E-state index contributed by atoms with van der Waals surface area (Å²) < 4.78 is 37.9. The van der Waals surface area contributed by atoms with E-state index in [1.165, 1.54) is 6.07 Å². The van der Waals surface area contributed by atoms with Gasteiger partial charge in [0, 0.05) is 49.9 Å². The van der Waals surface area contributed by atoms with Gasteiger partial charge in [0.15, 0.2) is 0 Å². The Morgan fingerprint density at radius 2 is 1.77 bits per heavy atom. The Balaban J connectivity index is 1.32. The monoisotopic (exact) mass is 432 g/mol. The number of rotatable bonds is 4. The first-order valence-electron chi connectivity index (χ1n) is 9.45. The molecule has 30 heavy (non-hydrogen) atoms. The fraction of sp³-hybridized carbons (Fsp3) is 0.286. The number of carbonyl (C=O) groups excluding carboxylic acids is 1. The highest BCUT2D eigenvalue weighted by molar-refractivity contribution is 7.13. The van der Waals surface area contributed by atoms with Crippen LogP contribution in [0.3, 0.4) is 0 Å². The van der Waals surface area contributed by atoms with Gasteiger partial charge >= 0.3 is 6.18 Å². The van der Waals surface area contributed by atoms with Crippen LogP contribution in [0.1, 0.15) is 21.7 Å². The Kier molecular flexibility index (Phi) is 5.83. The summed E-state index contributed by atoms with van der Waals surface area (Å²) in [6, 6.07) is 12.0. The van der Waals surface area contributed by atoms with Gasteiger partial charge in [0.2, 0.25) is 0 Å². The summed E-state index contributed by atoms with van der Waals surface area (Å²) >= 11 is 1.61. The first-order chi connectivity index (χ1) is 14.4. The highest BCUT2D eigenvalue weighted by Gasteiger charge is 2.32. The van der Waals surface area contributed by atoms with E-state index < -0.39 is 11.9 Å². The molecule has 3 heterocycles. The second-order valence-corrected chi connectivity index (χ2v) is 7.87. The predicted octanol–water partition coefficient (Wildman–Crippen LogP) is 4.18. The third kappa shape index (κ3) is 4.68. The molecule has 0 unspecified atom stereocenters. The van der Waals surface area contributed by atoms with Crippen LogP contribution in [-0.2, 0) is 12.7 Å². The molecule has 0 bridgehead atoms.